The highest BCUT2D eigenvalue weighted by molar-refractivity contribution is 5.31. The first kappa shape index (κ1) is 12.2. The zero-order valence-electron chi connectivity index (χ0n) is 9.68. The van der Waals surface area contributed by atoms with Crippen LogP contribution < -0.4 is 0 Å². The Balaban J connectivity index is 3.12. The number of rotatable bonds is 4. The van der Waals surface area contributed by atoms with Crippen LogP contribution in [-0.4, -0.2) is 5.11 Å². The molecule has 0 heterocycles. The lowest BCUT2D eigenvalue weighted by Crippen LogP contribution is -2.25. The summed E-state index contributed by atoms with van der Waals surface area (Å²) in [6.45, 7) is 5.84. The third-order valence-electron chi connectivity index (χ3n) is 2.94. The molecule has 1 rings (SSSR count). The third kappa shape index (κ3) is 2.57. The molecule has 0 spiro atoms. The smallest absolute Gasteiger partial charge is 0.123 e. The monoisotopic (exact) mass is 210 g/mol. The average molecular weight is 210 g/mol. The van der Waals surface area contributed by atoms with Gasteiger partial charge in [-0.05, 0) is 43.0 Å². The molecule has 2 heteroatoms. The fraction of sp³-hybridized carbons (Fsp3) is 0.538. The average Bonchev–Trinajstić information content (AvgIpc) is 2.17. The van der Waals surface area contributed by atoms with Crippen LogP contribution in [0.3, 0.4) is 0 Å². The molecule has 0 fully saturated rings. The van der Waals surface area contributed by atoms with Gasteiger partial charge in [-0.25, -0.2) is 4.39 Å². The number of hydrogen-bond acceptors (Lipinski definition) is 1. The highest BCUT2D eigenvalue weighted by atomic mass is 19.1. The van der Waals surface area contributed by atoms with E-state index in [0.717, 1.165) is 24.0 Å². The maximum atomic E-state index is 12.9. The van der Waals surface area contributed by atoms with Crippen LogP contribution in [0.1, 0.15) is 44.2 Å². The van der Waals surface area contributed by atoms with E-state index in [1.807, 2.05) is 20.8 Å². The minimum absolute atomic E-state index is 0.244. The summed E-state index contributed by atoms with van der Waals surface area (Å²) in [5.74, 6) is -0.244. The van der Waals surface area contributed by atoms with Crippen molar-refractivity contribution in [3.63, 3.8) is 0 Å². The molecule has 0 amide bonds. The van der Waals surface area contributed by atoms with Crippen molar-refractivity contribution in [1.82, 2.24) is 0 Å². The van der Waals surface area contributed by atoms with Crippen LogP contribution in [0.25, 0.3) is 0 Å². The molecular formula is C13H19FO. The maximum absolute atomic E-state index is 12.9. The van der Waals surface area contributed by atoms with Crippen molar-refractivity contribution in [2.45, 2.75) is 45.6 Å². The van der Waals surface area contributed by atoms with Crippen molar-refractivity contribution in [3.8, 4) is 0 Å². The summed E-state index contributed by atoms with van der Waals surface area (Å²) in [4.78, 5) is 0. The highest BCUT2D eigenvalue weighted by Crippen LogP contribution is 2.32. The lowest BCUT2D eigenvalue weighted by Gasteiger charge is -2.28. The van der Waals surface area contributed by atoms with Crippen molar-refractivity contribution < 1.29 is 9.50 Å². The van der Waals surface area contributed by atoms with Gasteiger partial charge in [-0.1, -0.05) is 26.3 Å². The lowest BCUT2D eigenvalue weighted by molar-refractivity contribution is 0.0219. The number of aliphatic hydroxyl groups is 1. The van der Waals surface area contributed by atoms with Gasteiger partial charge in [0.1, 0.15) is 5.82 Å². The van der Waals surface area contributed by atoms with Crippen molar-refractivity contribution >= 4 is 0 Å². The van der Waals surface area contributed by atoms with E-state index < -0.39 is 5.60 Å². The summed E-state index contributed by atoms with van der Waals surface area (Å²) < 4.78 is 12.9. The standard InChI is InChI=1S/C13H19FO/c1-4-8-13(15,5-2)12-7-6-11(14)9-10(12)3/h6-7,9,15H,4-5,8H2,1-3H3. The molecule has 0 radical (unpaired) electrons. The molecule has 0 saturated carbocycles. The molecule has 1 aromatic carbocycles. The van der Waals surface area contributed by atoms with Gasteiger partial charge in [0.15, 0.2) is 0 Å². The molecule has 84 valence electrons. The fourth-order valence-electron chi connectivity index (χ4n) is 2.06. The molecule has 1 N–H and O–H groups in total. The Bertz CT molecular complexity index is 335. The Labute approximate surface area is 90.9 Å². The second-order valence-electron chi connectivity index (χ2n) is 4.09. The lowest BCUT2D eigenvalue weighted by atomic mass is 9.84. The van der Waals surface area contributed by atoms with Crippen LogP contribution in [-0.2, 0) is 5.60 Å². The molecule has 0 aliphatic carbocycles. The Kier molecular flexibility index (Phi) is 3.86. The zero-order chi connectivity index (χ0) is 11.5. The molecule has 15 heavy (non-hydrogen) atoms. The summed E-state index contributed by atoms with van der Waals surface area (Å²) in [7, 11) is 0. The van der Waals surface area contributed by atoms with Gasteiger partial charge in [0.25, 0.3) is 0 Å². The predicted octanol–water partition coefficient (Wildman–Crippen LogP) is 3.53. The van der Waals surface area contributed by atoms with Crippen molar-refractivity contribution in [3.05, 3.63) is 35.1 Å². The summed E-state index contributed by atoms with van der Waals surface area (Å²) in [6, 6.07) is 4.59. The Hall–Kier alpha value is -0.890. The first-order valence-corrected chi connectivity index (χ1v) is 5.52. The van der Waals surface area contributed by atoms with Crippen LogP contribution in [0, 0.1) is 12.7 Å². The molecule has 1 unspecified atom stereocenters. The summed E-state index contributed by atoms with van der Waals surface area (Å²) in [5.41, 5.74) is 0.882. The summed E-state index contributed by atoms with van der Waals surface area (Å²) in [5, 5.41) is 10.4. The fourth-order valence-corrected chi connectivity index (χ4v) is 2.06. The first-order chi connectivity index (χ1) is 7.03. The number of benzene rings is 1. The van der Waals surface area contributed by atoms with Gasteiger partial charge in [0.05, 0.1) is 5.60 Å². The molecule has 0 bridgehead atoms. The molecule has 0 saturated heterocycles. The van der Waals surface area contributed by atoms with E-state index in [1.54, 1.807) is 6.07 Å². The molecule has 0 aromatic heterocycles. The van der Waals surface area contributed by atoms with Gasteiger partial charge < -0.3 is 5.11 Å². The van der Waals surface area contributed by atoms with Crippen molar-refractivity contribution in [1.29, 1.82) is 0 Å². The minimum atomic E-state index is -0.799. The molecule has 0 aliphatic rings. The number of hydrogen-bond donors (Lipinski definition) is 1. The molecule has 0 aliphatic heterocycles. The first-order valence-electron chi connectivity index (χ1n) is 5.52. The van der Waals surface area contributed by atoms with Gasteiger partial charge >= 0.3 is 0 Å². The largest absolute Gasteiger partial charge is 0.385 e. The van der Waals surface area contributed by atoms with E-state index in [0.29, 0.717) is 6.42 Å². The Morgan fingerprint density at radius 1 is 1.33 bits per heavy atom. The molecule has 1 nitrogen and oxygen atoms in total. The van der Waals surface area contributed by atoms with Crippen LogP contribution in [0.4, 0.5) is 4.39 Å². The van der Waals surface area contributed by atoms with Crippen LogP contribution in [0.2, 0.25) is 0 Å². The maximum Gasteiger partial charge on any atom is 0.123 e. The van der Waals surface area contributed by atoms with E-state index in [9.17, 15) is 9.50 Å². The van der Waals surface area contributed by atoms with Gasteiger partial charge in [0.2, 0.25) is 0 Å². The third-order valence-corrected chi connectivity index (χ3v) is 2.94. The van der Waals surface area contributed by atoms with Gasteiger partial charge in [-0.2, -0.15) is 0 Å². The Morgan fingerprint density at radius 3 is 2.47 bits per heavy atom. The second-order valence-corrected chi connectivity index (χ2v) is 4.09. The van der Waals surface area contributed by atoms with E-state index in [4.69, 9.17) is 0 Å². The van der Waals surface area contributed by atoms with E-state index in [2.05, 4.69) is 0 Å². The zero-order valence-corrected chi connectivity index (χ0v) is 9.68. The van der Waals surface area contributed by atoms with Gasteiger partial charge in [0, 0.05) is 0 Å². The normalized spacial score (nSPS) is 15.0. The van der Waals surface area contributed by atoms with Gasteiger partial charge in [-0.15, -0.1) is 0 Å². The van der Waals surface area contributed by atoms with Crippen LogP contribution in [0.15, 0.2) is 18.2 Å². The van der Waals surface area contributed by atoms with Crippen LogP contribution in [0.5, 0.6) is 0 Å². The SMILES string of the molecule is CCCC(O)(CC)c1ccc(F)cc1C. The topological polar surface area (TPSA) is 20.2 Å². The number of aryl methyl sites for hydroxylation is 1. The molecule has 1 aromatic rings. The van der Waals surface area contributed by atoms with Crippen LogP contribution >= 0.6 is 0 Å². The van der Waals surface area contributed by atoms with E-state index in [1.165, 1.54) is 12.1 Å². The number of halogens is 1. The van der Waals surface area contributed by atoms with Gasteiger partial charge in [-0.3, -0.25) is 0 Å². The summed E-state index contributed by atoms with van der Waals surface area (Å²) in [6.07, 6.45) is 2.30. The second kappa shape index (κ2) is 4.75. The molecule has 1 atom stereocenters. The summed E-state index contributed by atoms with van der Waals surface area (Å²) >= 11 is 0. The Morgan fingerprint density at radius 2 is 2.00 bits per heavy atom. The van der Waals surface area contributed by atoms with Crippen molar-refractivity contribution in [2.24, 2.45) is 0 Å². The quantitative estimate of drug-likeness (QED) is 0.806. The molecular weight excluding hydrogens is 191 g/mol. The van der Waals surface area contributed by atoms with E-state index >= 15 is 0 Å². The van der Waals surface area contributed by atoms with Crippen molar-refractivity contribution in [2.75, 3.05) is 0 Å². The predicted molar refractivity (Wildman–Crippen MR) is 60.2 cm³/mol. The highest BCUT2D eigenvalue weighted by Gasteiger charge is 2.27. The van der Waals surface area contributed by atoms with E-state index in [-0.39, 0.29) is 5.82 Å². The minimum Gasteiger partial charge on any atom is -0.385 e.